The average molecular weight is 309 g/mol. The van der Waals surface area contributed by atoms with E-state index >= 15 is 0 Å². The second-order valence-corrected chi connectivity index (χ2v) is 4.94. The second kappa shape index (κ2) is 4.57. The van der Waals surface area contributed by atoms with E-state index in [-0.39, 0.29) is 11.9 Å². The number of nitrogens with one attached hydrogen (secondary N) is 1. The van der Waals surface area contributed by atoms with Crippen LogP contribution in [0.3, 0.4) is 0 Å². The van der Waals surface area contributed by atoms with Gasteiger partial charge < -0.3 is 10.1 Å². The summed E-state index contributed by atoms with van der Waals surface area (Å²) in [5.41, 5.74) is 1.67. The molecule has 92 valence electrons. The highest BCUT2D eigenvalue weighted by Gasteiger charge is 2.21. The van der Waals surface area contributed by atoms with Crippen LogP contribution in [0.25, 0.3) is 0 Å². The fourth-order valence-electron chi connectivity index (χ4n) is 1.88. The van der Waals surface area contributed by atoms with E-state index in [1.165, 1.54) is 12.3 Å². The number of benzene rings is 1. The van der Waals surface area contributed by atoms with E-state index < -0.39 is 0 Å². The van der Waals surface area contributed by atoms with Crippen LogP contribution in [0.4, 0.5) is 10.1 Å². The Balaban J connectivity index is 1.86. The molecule has 0 radical (unpaired) electrons. The molecular formula is C13H10BrFN2O. The van der Waals surface area contributed by atoms with E-state index in [0.29, 0.717) is 6.54 Å². The lowest BCUT2D eigenvalue weighted by molar-refractivity contribution is 0.205. The minimum Gasteiger partial charge on any atom is -0.480 e. The van der Waals surface area contributed by atoms with Crippen LogP contribution in [-0.2, 0) is 0 Å². The number of halogens is 2. The zero-order valence-corrected chi connectivity index (χ0v) is 10.9. The summed E-state index contributed by atoms with van der Waals surface area (Å²) >= 11 is 3.41. The first-order chi connectivity index (χ1) is 8.72. The lowest BCUT2D eigenvalue weighted by Crippen LogP contribution is -2.24. The lowest BCUT2D eigenvalue weighted by atomic mass is 10.1. The highest BCUT2D eigenvalue weighted by molar-refractivity contribution is 9.10. The van der Waals surface area contributed by atoms with E-state index in [1.807, 2.05) is 18.2 Å². The number of aromatic nitrogens is 1. The zero-order chi connectivity index (χ0) is 12.5. The third kappa shape index (κ3) is 2.18. The first kappa shape index (κ1) is 11.5. The predicted octanol–water partition coefficient (Wildman–Crippen LogP) is 3.53. The molecule has 0 fully saturated rings. The molecule has 5 heteroatoms. The molecular weight excluding hydrogens is 299 g/mol. The quantitative estimate of drug-likeness (QED) is 0.875. The number of ether oxygens (including phenoxy) is 1. The van der Waals surface area contributed by atoms with Crippen molar-refractivity contribution in [2.45, 2.75) is 6.10 Å². The smallest absolute Gasteiger partial charge is 0.158 e. The van der Waals surface area contributed by atoms with E-state index in [2.05, 4.69) is 26.2 Å². The van der Waals surface area contributed by atoms with E-state index in [0.717, 1.165) is 21.6 Å². The highest BCUT2D eigenvalue weighted by Crippen LogP contribution is 2.35. The first-order valence-corrected chi connectivity index (χ1v) is 6.33. The van der Waals surface area contributed by atoms with E-state index in [4.69, 9.17) is 4.74 Å². The number of pyridine rings is 1. The summed E-state index contributed by atoms with van der Waals surface area (Å²) < 4.78 is 19.7. The molecule has 1 aliphatic rings. The maximum absolute atomic E-state index is 12.8. The van der Waals surface area contributed by atoms with Crippen LogP contribution >= 0.6 is 15.9 Å². The van der Waals surface area contributed by atoms with Gasteiger partial charge in [-0.25, -0.2) is 4.39 Å². The van der Waals surface area contributed by atoms with Crippen molar-refractivity contribution >= 4 is 21.6 Å². The van der Waals surface area contributed by atoms with Gasteiger partial charge in [-0.3, -0.25) is 4.98 Å². The SMILES string of the molecule is Fc1ccc(C2CNc3cc(Br)ccc3O2)nc1. The van der Waals surface area contributed by atoms with Gasteiger partial charge in [-0.1, -0.05) is 15.9 Å². The Morgan fingerprint density at radius 2 is 2.22 bits per heavy atom. The van der Waals surface area contributed by atoms with Crippen molar-refractivity contribution in [2.24, 2.45) is 0 Å². The van der Waals surface area contributed by atoms with Gasteiger partial charge in [0.15, 0.2) is 6.10 Å². The van der Waals surface area contributed by atoms with Gasteiger partial charge >= 0.3 is 0 Å². The first-order valence-electron chi connectivity index (χ1n) is 5.54. The van der Waals surface area contributed by atoms with Crippen LogP contribution in [0, 0.1) is 5.82 Å². The Morgan fingerprint density at radius 3 is 3.00 bits per heavy atom. The minimum absolute atomic E-state index is 0.195. The minimum atomic E-state index is -0.341. The number of fused-ring (bicyclic) bond motifs is 1. The molecule has 1 unspecified atom stereocenters. The topological polar surface area (TPSA) is 34.1 Å². The zero-order valence-electron chi connectivity index (χ0n) is 9.36. The van der Waals surface area contributed by atoms with Crippen LogP contribution in [-0.4, -0.2) is 11.5 Å². The Kier molecular flexibility index (Phi) is 2.91. The molecule has 2 heterocycles. The van der Waals surface area contributed by atoms with Crippen LogP contribution in [0.1, 0.15) is 11.8 Å². The predicted molar refractivity (Wildman–Crippen MR) is 70.2 cm³/mol. The summed E-state index contributed by atoms with van der Waals surface area (Å²) in [6.07, 6.45) is 1.01. The number of anilines is 1. The van der Waals surface area contributed by atoms with Crippen LogP contribution in [0.15, 0.2) is 41.0 Å². The van der Waals surface area contributed by atoms with Gasteiger partial charge in [-0.15, -0.1) is 0 Å². The van der Waals surface area contributed by atoms with Crippen molar-refractivity contribution < 1.29 is 9.13 Å². The van der Waals surface area contributed by atoms with Crippen molar-refractivity contribution in [1.82, 2.24) is 4.98 Å². The highest BCUT2D eigenvalue weighted by atomic mass is 79.9. The monoisotopic (exact) mass is 308 g/mol. The number of hydrogen-bond acceptors (Lipinski definition) is 3. The van der Waals surface area contributed by atoms with Crippen LogP contribution in [0.2, 0.25) is 0 Å². The van der Waals surface area contributed by atoms with Crippen molar-refractivity contribution in [3.63, 3.8) is 0 Å². The van der Waals surface area contributed by atoms with Crippen LogP contribution < -0.4 is 10.1 Å². The number of rotatable bonds is 1. The van der Waals surface area contributed by atoms with E-state index in [1.54, 1.807) is 6.07 Å². The molecule has 1 aromatic carbocycles. The Bertz CT molecular complexity index is 574. The van der Waals surface area contributed by atoms with Gasteiger partial charge in [0, 0.05) is 4.47 Å². The third-order valence-corrected chi connectivity index (χ3v) is 3.26. The Labute approximate surface area is 112 Å². The normalized spacial score (nSPS) is 17.6. The molecule has 0 spiro atoms. The standard InChI is InChI=1S/C13H10BrFN2O/c14-8-1-4-12-11(5-8)17-7-13(18-12)10-3-2-9(15)6-16-10/h1-6,13,17H,7H2. The molecule has 3 nitrogen and oxygen atoms in total. The summed E-state index contributed by atoms with van der Waals surface area (Å²) in [6, 6.07) is 8.81. The van der Waals surface area contributed by atoms with Gasteiger partial charge in [0.2, 0.25) is 0 Å². The van der Waals surface area contributed by atoms with Crippen molar-refractivity contribution in [1.29, 1.82) is 0 Å². The second-order valence-electron chi connectivity index (χ2n) is 4.03. The van der Waals surface area contributed by atoms with E-state index in [9.17, 15) is 4.39 Å². The van der Waals surface area contributed by atoms with Crippen molar-refractivity contribution in [3.05, 3.63) is 52.5 Å². The molecule has 0 saturated carbocycles. The molecule has 3 rings (SSSR count). The number of hydrogen-bond donors (Lipinski definition) is 1. The maximum atomic E-state index is 12.8. The molecule has 0 bridgehead atoms. The Morgan fingerprint density at radius 1 is 1.33 bits per heavy atom. The van der Waals surface area contributed by atoms with Gasteiger partial charge in [-0.05, 0) is 30.3 Å². The van der Waals surface area contributed by atoms with Crippen molar-refractivity contribution in [3.8, 4) is 5.75 Å². The molecule has 1 N–H and O–H groups in total. The van der Waals surface area contributed by atoms with Gasteiger partial charge in [0.05, 0.1) is 24.1 Å². The van der Waals surface area contributed by atoms with Crippen molar-refractivity contribution in [2.75, 3.05) is 11.9 Å². The summed E-state index contributed by atoms with van der Waals surface area (Å²) in [7, 11) is 0. The molecule has 0 aliphatic carbocycles. The fourth-order valence-corrected chi connectivity index (χ4v) is 2.24. The molecule has 1 atom stereocenters. The maximum Gasteiger partial charge on any atom is 0.158 e. The average Bonchev–Trinajstić information content (AvgIpc) is 2.39. The van der Waals surface area contributed by atoms with Gasteiger partial charge in [0.25, 0.3) is 0 Å². The molecule has 1 aliphatic heterocycles. The summed E-state index contributed by atoms with van der Waals surface area (Å²) in [4.78, 5) is 4.04. The molecule has 2 aromatic rings. The summed E-state index contributed by atoms with van der Waals surface area (Å²) in [5, 5.41) is 3.28. The third-order valence-electron chi connectivity index (χ3n) is 2.77. The molecule has 0 amide bonds. The molecule has 18 heavy (non-hydrogen) atoms. The number of nitrogens with zero attached hydrogens (tertiary/aromatic N) is 1. The lowest BCUT2D eigenvalue weighted by Gasteiger charge is -2.27. The Hall–Kier alpha value is -1.62. The summed E-state index contributed by atoms with van der Waals surface area (Å²) in [5.74, 6) is 0.437. The molecule has 0 saturated heterocycles. The molecule has 1 aromatic heterocycles. The van der Waals surface area contributed by atoms with Crippen LogP contribution in [0.5, 0.6) is 5.75 Å². The largest absolute Gasteiger partial charge is 0.480 e. The fraction of sp³-hybridized carbons (Fsp3) is 0.154. The summed E-state index contributed by atoms with van der Waals surface area (Å²) in [6.45, 7) is 0.613. The van der Waals surface area contributed by atoms with Gasteiger partial charge in [0.1, 0.15) is 11.6 Å². The van der Waals surface area contributed by atoms with Gasteiger partial charge in [-0.2, -0.15) is 0 Å².